The van der Waals surface area contributed by atoms with Gasteiger partial charge in [-0.25, -0.2) is 4.79 Å². The normalized spacial score (nSPS) is 14.7. The first kappa shape index (κ1) is 26.5. The van der Waals surface area contributed by atoms with Crippen LogP contribution in [-0.2, 0) is 9.16 Å². The van der Waals surface area contributed by atoms with E-state index in [2.05, 4.69) is 39.2 Å². The molecule has 0 saturated carbocycles. The molecule has 1 rings (SSSR count). The largest absolute Gasteiger partial charge is 0.494 e. The number of carbonyl (C=O) groups excluding carboxylic acids is 1. The van der Waals surface area contributed by atoms with E-state index in [-0.39, 0.29) is 5.04 Å². The molecule has 7 heteroatoms. The summed E-state index contributed by atoms with van der Waals surface area (Å²) in [6.45, 7) is 19.6. The molecule has 0 radical (unpaired) electrons. The third-order valence-electron chi connectivity index (χ3n) is 5.27. The lowest BCUT2D eigenvalue weighted by Gasteiger charge is -2.36. The Morgan fingerprint density at radius 3 is 2.13 bits per heavy atom. The Morgan fingerprint density at radius 1 is 1.07 bits per heavy atom. The van der Waals surface area contributed by atoms with Gasteiger partial charge in [0.2, 0.25) is 0 Å². The second-order valence-electron chi connectivity index (χ2n) is 10.3. The van der Waals surface area contributed by atoms with E-state index in [1.807, 2.05) is 12.1 Å². The molecule has 0 fully saturated rings. The average molecular weight is 440 g/mol. The molecule has 0 aliphatic heterocycles. The van der Waals surface area contributed by atoms with Gasteiger partial charge >= 0.3 is 6.09 Å². The summed E-state index contributed by atoms with van der Waals surface area (Å²) in [6, 6.07) is 6.78. The van der Waals surface area contributed by atoms with Crippen molar-refractivity contribution in [1.82, 2.24) is 5.32 Å². The number of ether oxygens (including phenoxy) is 2. The number of aliphatic hydroxyl groups excluding tert-OH is 1. The topological polar surface area (TPSA) is 77.0 Å². The second-order valence-corrected chi connectivity index (χ2v) is 15.1. The lowest BCUT2D eigenvalue weighted by Crippen LogP contribution is -2.41. The Kier molecular flexibility index (Phi) is 9.39. The number of hydrogen-bond donors (Lipinski definition) is 2. The maximum Gasteiger partial charge on any atom is 0.407 e. The van der Waals surface area contributed by atoms with E-state index >= 15 is 0 Å². The van der Waals surface area contributed by atoms with Gasteiger partial charge in [-0.1, -0.05) is 32.9 Å². The van der Waals surface area contributed by atoms with Crippen LogP contribution in [0.15, 0.2) is 24.3 Å². The van der Waals surface area contributed by atoms with Gasteiger partial charge in [0, 0.05) is 13.0 Å². The molecule has 2 atom stereocenters. The molecule has 172 valence electrons. The van der Waals surface area contributed by atoms with Crippen LogP contribution in [0.4, 0.5) is 4.79 Å². The van der Waals surface area contributed by atoms with Crippen LogP contribution in [0.1, 0.15) is 66.6 Å². The molecule has 6 nitrogen and oxygen atoms in total. The smallest absolute Gasteiger partial charge is 0.407 e. The van der Waals surface area contributed by atoms with Crippen molar-refractivity contribution in [2.45, 2.75) is 90.8 Å². The maximum absolute atomic E-state index is 11.9. The summed E-state index contributed by atoms with van der Waals surface area (Å²) in [7, 11) is -1.71. The van der Waals surface area contributed by atoms with Gasteiger partial charge in [-0.2, -0.15) is 0 Å². The van der Waals surface area contributed by atoms with Crippen molar-refractivity contribution >= 4 is 14.4 Å². The van der Waals surface area contributed by atoms with Crippen molar-refractivity contribution in [3.05, 3.63) is 29.8 Å². The zero-order valence-corrected chi connectivity index (χ0v) is 21.2. The van der Waals surface area contributed by atoms with E-state index in [1.165, 1.54) is 0 Å². The number of carbonyl (C=O) groups is 1. The van der Waals surface area contributed by atoms with Crippen LogP contribution in [0.5, 0.6) is 5.75 Å². The third-order valence-corrected chi connectivity index (χ3v) is 9.80. The van der Waals surface area contributed by atoms with Crippen LogP contribution in [0.2, 0.25) is 18.1 Å². The first-order chi connectivity index (χ1) is 13.6. The van der Waals surface area contributed by atoms with Gasteiger partial charge in [-0.15, -0.1) is 0 Å². The van der Waals surface area contributed by atoms with Crippen molar-refractivity contribution in [2.75, 3.05) is 13.2 Å². The zero-order valence-electron chi connectivity index (χ0n) is 20.2. The fourth-order valence-electron chi connectivity index (χ4n) is 2.42. The Morgan fingerprint density at radius 2 is 1.63 bits per heavy atom. The van der Waals surface area contributed by atoms with Gasteiger partial charge < -0.3 is 24.3 Å². The summed E-state index contributed by atoms with van der Waals surface area (Å²) in [5.74, 6) is 0.742. The van der Waals surface area contributed by atoms with Gasteiger partial charge in [0.1, 0.15) is 11.4 Å². The van der Waals surface area contributed by atoms with Crippen LogP contribution < -0.4 is 10.1 Å². The molecule has 1 aromatic carbocycles. The summed E-state index contributed by atoms with van der Waals surface area (Å²) >= 11 is 0. The van der Waals surface area contributed by atoms with Crippen molar-refractivity contribution < 1.29 is 23.8 Å². The Labute approximate surface area is 183 Å². The fourth-order valence-corrected chi connectivity index (χ4v) is 3.50. The van der Waals surface area contributed by atoms with Gasteiger partial charge in [0.25, 0.3) is 0 Å². The average Bonchev–Trinajstić information content (AvgIpc) is 2.58. The molecule has 0 aromatic heterocycles. The Bertz CT molecular complexity index is 662. The summed E-state index contributed by atoms with van der Waals surface area (Å²) in [4.78, 5) is 11.9. The number of benzene rings is 1. The Balaban J connectivity index is 2.45. The standard InChI is InChI=1S/C23H41NO5Si/c1-17(24-21(26)29-22(2,3)4)20(25)18-11-13-19(14-12-18)27-15-10-16-28-30(8,9)23(5,6)7/h11-14,17,20,25H,10,15-16H2,1-9H3,(H,24,26). The van der Waals surface area contributed by atoms with Crippen LogP contribution in [-0.4, -0.2) is 44.4 Å². The van der Waals surface area contributed by atoms with E-state index in [0.717, 1.165) is 12.2 Å². The lowest BCUT2D eigenvalue weighted by atomic mass is 10.0. The lowest BCUT2D eigenvalue weighted by molar-refractivity contribution is 0.0435. The third kappa shape index (κ3) is 9.06. The minimum absolute atomic E-state index is 0.208. The van der Waals surface area contributed by atoms with Crippen molar-refractivity contribution in [3.8, 4) is 5.75 Å². The molecule has 0 aliphatic rings. The summed E-state index contributed by atoms with van der Waals surface area (Å²) < 4.78 is 17.2. The second kappa shape index (κ2) is 10.6. The van der Waals surface area contributed by atoms with Crippen molar-refractivity contribution in [3.63, 3.8) is 0 Å². The molecular weight excluding hydrogens is 398 g/mol. The number of nitrogens with one attached hydrogen (secondary N) is 1. The highest BCUT2D eigenvalue weighted by molar-refractivity contribution is 6.74. The van der Waals surface area contributed by atoms with Gasteiger partial charge in [-0.05, 0) is 63.5 Å². The zero-order chi connectivity index (χ0) is 23.2. The van der Waals surface area contributed by atoms with E-state index in [4.69, 9.17) is 13.9 Å². The van der Waals surface area contributed by atoms with Crippen LogP contribution >= 0.6 is 0 Å². The minimum atomic E-state index is -1.71. The fraction of sp³-hybridized carbons (Fsp3) is 0.696. The number of rotatable bonds is 9. The first-order valence-electron chi connectivity index (χ1n) is 10.7. The number of alkyl carbamates (subject to hydrolysis) is 1. The number of aliphatic hydroxyl groups is 1. The first-order valence-corrected chi connectivity index (χ1v) is 13.6. The molecule has 0 spiro atoms. The van der Waals surface area contributed by atoms with Gasteiger partial charge in [0.15, 0.2) is 8.32 Å². The molecule has 1 amide bonds. The molecule has 30 heavy (non-hydrogen) atoms. The molecule has 0 saturated heterocycles. The van der Waals surface area contributed by atoms with E-state index in [9.17, 15) is 9.90 Å². The number of amides is 1. The SMILES string of the molecule is CC(NC(=O)OC(C)(C)C)C(O)c1ccc(OCCCO[Si](C)(C)C(C)(C)C)cc1. The summed E-state index contributed by atoms with van der Waals surface area (Å²) in [6.07, 6.45) is -0.563. The monoisotopic (exact) mass is 439 g/mol. The molecule has 1 aromatic rings. The quantitative estimate of drug-likeness (QED) is 0.397. The van der Waals surface area contributed by atoms with Crippen molar-refractivity contribution in [1.29, 1.82) is 0 Å². The molecule has 0 bridgehead atoms. The van der Waals surface area contributed by atoms with Crippen molar-refractivity contribution in [2.24, 2.45) is 0 Å². The highest BCUT2D eigenvalue weighted by Crippen LogP contribution is 2.36. The van der Waals surface area contributed by atoms with E-state index in [1.54, 1.807) is 39.8 Å². The molecule has 0 heterocycles. The van der Waals surface area contributed by atoms with Crippen LogP contribution in [0.3, 0.4) is 0 Å². The predicted octanol–water partition coefficient (Wildman–Crippen LogP) is 5.42. The maximum atomic E-state index is 11.9. The molecule has 2 unspecified atom stereocenters. The highest BCUT2D eigenvalue weighted by Gasteiger charge is 2.36. The molecule has 2 N–H and O–H groups in total. The molecule has 0 aliphatic carbocycles. The van der Waals surface area contributed by atoms with E-state index in [0.29, 0.717) is 18.8 Å². The molecular formula is C23H41NO5Si. The van der Waals surface area contributed by atoms with Gasteiger partial charge in [0.05, 0.1) is 18.8 Å². The number of hydrogen-bond acceptors (Lipinski definition) is 5. The van der Waals surface area contributed by atoms with E-state index < -0.39 is 32.2 Å². The summed E-state index contributed by atoms with van der Waals surface area (Å²) in [5, 5.41) is 13.4. The van der Waals surface area contributed by atoms with Crippen LogP contribution in [0, 0.1) is 0 Å². The van der Waals surface area contributed by atoms with Crippen LogP contribution in [0.25, 0.3) is 0 Å². The minimum Gasteiger partial charge on any atom is -0.494 e. The predicted molar refractivity (Wildman–Crippen MR) is 123 cm³/mol. The van der Waals surface area contributed by atoms with Gasteiger partial charge in [-0.3, -0.25) is 0 Å². The highest BCUT2D eigenvalue weighted by atomic mass is 28.4. The summed E-state index contributed by atoms with van der Waals surface area (Å²) in [5.41, 5.74) is 0.121. The Hall–Kier alpha value is -1.57.